The van der Waals surface area contributed by atoms with Crippen LogP contribution in [0, 0.1) is 22.9 Å². The Morgan fingerprint density at radius 1 is 1.14 bits per heavy atom. The summed E-state index contributed by atoms with van der Waals surface area (Å²) in [5.74, 6) is -3.21. The molecule has 0 saturated carbocycles. The number of hydrogen-bond donors (Lipinski definition) is 1. The highest BCUT2D eigenvalue weighted by atomic mass is 79.9. The molecule has 0 amide bonds. The van der Waals surface area contributed by atoms with Gasteiger partial charge in [-0.2, -0.15) is 5.10 Å². The molecule has 0 radical (unpaired) electrons. The van der Waals surface area contributed by atoms with Gasteiger partial charge in [0.1, 0.15) is 11.5 Å². The monoisotopic (exact) mass is 361 g/mol. The molecule has 114 valence electrons. The summed E-state index contributed by atoms with van der Waals surface area (Å²) in [7, 11) is 0. The molecule has 0 aliphatic rings. The Balaban J connectivity index is 2.56. The minimum atomic E-state index is -1.25. The second kappa shape index (κ2) is 5.36. The molecule has 1 aromatic carbocycles. The van der Waals surface area contributed by atoms with Crippen molar-refractivity contribution in [2.24, 2.45) is 5.41 Å². The number of nitrogen functional groups attached to an aromatic ring is 1. The van der Waals surface area contributed by atoms with Crippen LogP contribution >= 0.6 is 15.9 Å². The maximum Gasteiger partial charge on any atom is 0.161 e. The van der Waals surface area contributed by atoms with E-state index in [9.17, 15) is 13.2 Å². The summed E-state index contributed by atoms with van der Waals surface area (Å²) in [6.45, 7) is 6.06. The zero-order valence-corrected chi connectivity index (χ0v) is 13.4. The van der Waals surface area contributed by atoms with Crippen LogP contribution in [0.25, 0.3) is 5.69 Å². The van der Waals surface area contributed by atoms with E-state index in [-0.39, 0.29) is 16.9 Å². The van der Waals surface area contributed by atoms with E-state index in [1.54, 1.807) is 0 Å². The summed E-state index contributed by atoms with van der Waals surface area (Å²) < 4.78 is 41.8. The highest BCUT2D eigenvalue weighted by molar-refractivity contribution is 9.10. The van der Waals surface area contributed by atoms with Crippen LogP contribution in [0.5, 0.6) is 0 Å². The van der Waals surface area contributed by atoms with E-state index in [2.05, 4.69) is 21.0 Å². The Labute approximate surface area is 129 Å². The number of benzene rings is 1. The van der Waals surface area contributed by atoms with Crippen LogP contribution in [0.15, 0.2) is 16.6 Å². The molecule has 21 heavy (non-hydrogen) atoms. The third kappa shape index (κ3) is 3.23. The molecule has 0 saturated heterocycles. The summed E-state index contributed by atoms with van der Waals surface area (Å²) in [5.41, 5.74) is 6.23. The van der Waals surface area contributed by atoms with Gasteiger partial charge in [0.15, 0.2) is 17.5 Å². The highest BCUT2D eigenvalue weighted by Gasteiger charge is 2.22. The van der Waals surface area contributed by atoms with Gasteiger partial charge in [0.2, 0.25) is 0 Å². The van der Waals surface area contributed by atoms with Crippen molar-refractivity contribution < 1.29 is 13.2 Å². The quantitative estimate of drug-likeness (QED) is 0.813. The number of rotatable bonds is 2. The molecule has 0 atom stereocenters. The largest absolute Gasteiger partial charge is 0.383 e. The second-order valence-electron chi connectivity index (χ2n) is 6.01. The van der Waals surface area contributed by atoms with Crippen LogP contribution < -0.4 is 5.73 Å². The van der Waals surface area contributed by atoms with Gasteiger partial charge >= 0.3 is 0 Å². The minimum Gasteiger partial charge on any atom is -0.383 e. The Hall–Kier alpha value is -1.50. The lowest BCUT2D eigenvalue weighted by molar-refractivity contribution is 0.404. The topological polar surface area (TPSA) is 43.8 Å². The molecular weight excluding hydrogens is 347 g/mol. The molecule has 0 spiro atoms. The molecule has 1 heterocycles. The molecule has 2 rings (SSSR count). The van der Waals surface area contributed by atoms with Crippen LogP contribution in [-0.2, 0) is 6.42 Å². The molecule has 1 aromatic heterocycles. The Kier molecular flexibility index (Phi) is 4.06. The average Bonchev–Trinajstić information content (AvgIpc) is 2.60. The van der Waals surface area contributed by atoms with E-state index in [1.165, 1.54) is 0 Å². The number of nitrogens with two attached hydrogens (primary N) is 1. The van der Waals surface area contributed by atoms with Gasteiger partial charge in [0, 0.05) is 12.1 Å². The van der Waals surface area contributed by atoms with Gasteiger partial charge in [0.25, 0.3) is 0 Å². The van der Waals surface area contributed by atoms with E-state index < -0.39 is 17.5 Å². The molecule has 0 aliphatic heterocycles. The summed E-state index contributed by atoms with van der Waals surface area (Å²) >= 11 is 3.31. The lowest BCUT2D eigenvalue weighted by atomic mass is 9.91. The summed E-state index contributed by atoms with van der Waals surface area (Å²) in [4.78, 5) is 0. The smallest absolute Gasteiger partial charge is 0.161 e. The normalized spacial score (nSPS) is 12.0. The molecule has 2 N–H and O–H groups in total. The van der Waals surface area contributed by atoms with Crippen LogP contribution in [0.3, 0.4) is 0 Å². The van der Waals surface area contributed by atoms with Gasteiger partial charge in [-0.05, 0) is 27.8 Å². The summed E-state index contributed by atoms with van der Waals surface area (Å²) in [5, 5.41) is 4.21. The van der Waals surface area contributed by atoms with Crippen LogP contribution in [0.4, 0.5) is 19.0 Å². The average molecular weight is 362 g/mol. The van der Waals surface area contributed by atoms with Gasteiger partial charge in [-0.25, -0.2) is 17.9 Å². The first-order valence-corrected chi connectivity index (χ1v) is 7.07. The van der Waals surface area contributed by atoms with Crippen molar-refractivity contribution in [3.63, 3.8) is 0 Å². The Morgan fingerprint density at radius 3 is 2.29 bits per heavy atom. The molecule has 3 nitrogen and oxygen atoms in total. The minimum absolute atomic E-state index is 0.0548. The van der Waals surface area contributed by atoms with Crippen molar-refractivity contribution in [3.05, 3.63) is 39.8 Å². The molecular formula is C14H15BrF3N3. The number of anilines is 1. The fraction of sp³-hybridized carbons (Fsp3) is 0.357. The lowest BCUT2D eigenvalue weighted by Gasteiger charge is -2.16. The zero-order valence-electron chi connectivity index (χ0n) is 11.8. The number of nitrogens with zero attached hydrogens (tertiary/aromatic N) is 2. The van der Waals surface area contributed by atoms with Gasteiger partial charge < -0.3 is 5.73 Å². The predicted octanol–water partition coefficient (Wildman–Crippen LogP) is 4.22. The van der Waals surface area contributed by atoms with E-state index in [0.29, 0.717) is 22.7 Å². The van der Waals surface area contributed by atoms with Crippen LogP contribution in [0.1, 0.15) is 26.5 Å². The lowest BCUT2D eigenvalue weighted by Crippen LogP contribution is -2.11. The van der Waals surface area contributed by atoms with Gasteiger partial charge in [-0.1, -0.05) is 20.8 Å². The summed E-state index contributed by atoms with van der Waals surface area (Å²) in [6, 6.07) is 1.21. The van der Waals surface area contributed by atoms with Crippen molar-refractivity contribution in [3.8, 4) is 5.69 Å². The van der Waals surface area contributed by atoms with Crippen molar-refractivity contribution in [2.75, 3.05) is 5.73 Å². The molecule has 0 bridgehead atoms. The highest BCUT2D eigenvalue weighted by Crippen LogP contribution is 2.32. The third-order valence-electron chi connectivity index (χ3n) is 2.84. The van der Waals surface area contributed by atoms with E-state index in [1.807, 2.05) is 20.8 Å². The molecule has 7 heteroatoms. The molecule has 0 aliphatic carbocycles. The first kappa shape index (κ1) is 15.9. The zero-order chi connectivity index (χ0) is 15.9. The van der Waals surface area contributed by atoms with Crippen LogP contribution in [0.2, 0.25) is 0 Å². The fourth-order valence-corrected chi connectivity index (χ4v) is 2.32. The van der Waals surface area contributed by atoms with Crippen molar-refractivity contribution in [1.29, 1.82) is 0 Å². The SMILES string of the molecule is CC(C)(C)Cc1nn(-c2cc(F)c(F)cc2F)c(N)c1Br. The molecule has 0 unspecified atom stereocenters. The molecule has 2 aromatic rings. The van der Waals surface area contributed by atoms with E-state index in [0.717, 1.165) is 10.7 Å². The number of halogens is 4. The maximum atomic E-state index is 13.8. The van der Waals surface area contributed by atoms with E-state index in [4.69, 9.17) is 5.73 Å². The first-order valence-electron chi connectivity index (χ1n) is 6.28. The van der Waals surface area contributed by atoms with Crippen molar-refractivity contribution >= 4 is 21.7 Å². The summed E-state index contributed by atoms with van der Waals surface area (Å²) in [6.07, 6.45) is 0.593. The predicted molar refractivity (Wildman–Crippen MR) is 78.7 cm³/mol. The van der Waals surface area contributed by atoms with Gasteiger partial charge in [0.05, 0.1) is 10.2 Å². The Morgan fingerprint density at radius 2 is 1.71 bits per heavy atom. The van der Waals surface area contributed by atoms with Crippen molar-refractivity contribution in [2.45, 2.75) is 27.2 Å². The standard InChI is InChI=1S/C14H15BrF3N3/c1-14(2,3)6-10-12(15)13(19)21(20-10)11-5-8(17)7(16)4-9(11)18/h4-5H,6,19H2,1-3H3. The number of aromatic nitrogens is 2. The second-order valence-corrected chi connectivity index (χ2v) is 6.81. The Bertz CT molecular complexity index is 690. The van der Waals surface area contributed by atoms with Gasteiger partial charge in [-0.3, -0.25) is 0 Å². The van der Waals surface area contributed by atoms with Gasteiger partial charge in [-0.15, -0.1) is 0 Å². The van der Waals surface area contributed by atoms with Crippen molar-refractivity contribution in [1.82, 2.24) is 9.78 Å². The number of hydrogen-bond acceptors (Lipinski definition) is 2. The molecule has 0 fully saturated rings. The third-order valence-corrected chi connectivity index (χ3v) is 3.71. The first-order chi connectivity index (χ1) is 9.60. The fourth-order valence-electron chi connectivity index (χ4n) is 1.93. The van der Waals surface area contributed by atoms with E-state index >= 15 is 0 Å². The van der Waals surface area contributed by atoms with Crippen LogP contribution in [-0.4, -0.2) is 9.78 Å². The maximum absolute atomic E-state index is 13.8.